The highest BCUT2D eigenvalue weighted by molar-refractivity contribution is 5.71. The number of rotatable bonds is 10. The summed E-state index contributed by atoms with van der Waals surface area (Å²) in [6, 6.07) is 11.2. The molecular formula is C26H22F3N7O2. The topological polar surface area (TPSA) is 96.7 Å². The van der Waals surface area contributed by atoms with Crippen molar-refractivity contribution < 1.29 is 22.3 Å². The maximum Gasteiger partial charge on any atom is 0.416 e. The molecule has 3 aromatic heterocycles. The Morgan fingerprint density at radius 1 is 0.974 bits per heavy atom. The number of oxazole rings is 1. The highest BCUT2D eigenvalue weighted by Crippen LogP contribution is 2.32. The Morgan fingerprint density at radius 2 is 1.79 bits per heavy atom. The van der Waals surface area contributed by atoms with Crippen LogP contribution in [0.5, 0.6) is 5.75 Å². The predicted octanol–water partition coefficient (Wildman–Crippen LogP) is 5.25. The molecule has 0 saturated heterocycles. The Morgan fingerprint density at radius 3 is 2.53 bits per heavy atom. The third-order valence-corrected chi connectivity index (χ3v) is 5.60. The van der Waals surface area contributed by atoms with Gasteiger partial charge in [0.15, 0.2) is 0 Å². The Balaban J connectivity index is 1.18. The van der Waals surface area contributed by atoms with Crippen LogP contribution < -0.4 is 4.74 Å². The third-order valence-electron chi connectivity index (χ3n) is 5.60. The summed E-state index contributed by atoms with van der Waals surface area (Å²) in [6.07, 6.45) is 8.29. The van der Waals surface area contributed by atoms with E-state index in [2.05, 4.69) is 25.5 Å². The Bertz CT molecular complexity index is 1480. The maximum atomic E-state index is 13.2. The van der Waals surface area contributed by atoms with Gasteiger partial charge in [0, 0.05) is 24.4 Å². The second-order valence-corrected chi connectivity index (χ2v) is 8.30. The zero-order valence-corrected chi connectivity index (χ0v) is 20.0. The van der Waals surface area contributed by atoms with Crippen molar-refractivity contribution in [1.29, 1.82) is 0 Å². The summed E-state index contributed by atoms with van der Waals surface area (Å²) < 4.78 is 52.7. The fourth-order valence-electron chi connectivity index (χ4n) is 3.71. The first kappa shape index (κ1) is 24.9. The number of hydrogen-bond acceptors (Lipinski definition) is 7. The van der Waals surface area contributed by atoms with E-state index >= 15 is 0 Å². The molecular weight excluding hydrogens is 499 g/mol. The van der Waals surface area contributed by atoms with Crippen LogP contribution in [-0.2, 0) is 25.7 Å². The predicted molar refractivity (Wildman–Crippen MR) is 131 cm³/mol. The highest BCUT2D eigenvalue weighted by atomic mass is 19.4. The van der Waals surface area contributed by atoms with Gasteiger partial charge in [0.25, 0.3) is 0 Å². The van der Waals surface area contributed by atoms with Gasteiger partial charge in [-0.05, 0) is 48.7 Å². The molecule has 3 heterocycles. The fourth-order valence-corrected chi connectivity index (χ4v) is 3.71. The van der Waals surface area contributed by atoms with Gasteiger partial charge in [-0.1, -0.05) is 23.4 Å². The lowest BCUT2D eigenvalue weighted by molar-refractivity contribution is -0.137. The van der Waals surface area contributed by atoms with Crippen molar-refractivity contribution >= 4 is 12.2 Å². The number of nitrogens with zero attached hydrogens (tertiary/aromatic N) is 7. The lowest BCUT2D eigenvalue weighted by Gasteiger charge is -2.10. The molecule has 0 aliphatic rings. The van der Waals surface area contributed by atoms with Crippen LogP contribution in [0.3, 0.4) is 0 Å². The smallest absolute Gasteiger partial charge is 0.416 e. The summed E-state index contributed by atoms with van der Waals surface area (Å²) in [6.45, 7) is 1.01. The van der Waals surface area contributed by atoms with E-state index < -0.39 is 11.7 Å². The van der Waals surface area contributed by atoms with Crippen LogP contribution >= 0.6 is 0 Å². The first-order chi connectivity index (χ1) is 18.4. The van der Waals surface area contributed by atoms with Crippen LogP contribution in [0.25, 0.3) is 17.8 Å². The average molecular weight is 522 g/mol. The zero-order valence-electron chi connectivity index (χ0n) is 20.0. The van der Waals surface area contributed by atoms with Crippen molar-refractivity contribution in [3.8, 4) is 11.4 Å². The lowest BCUT2D eigenvalue weighted by Crippen LogP contribution is -2.08. The number of halogens is 3. The number of ether oxygens (including phenoxy) is 1. The summed E-state index contributed by atoms with van der Waals surface area (Å²) in [5, 5.41) is 15.7. The molecule has 0 aliphatic carbocycles. The van der Waals surface area contributed by atoms with Gasteiger partial charge in [-0.25, -0.2) is 4.98 Å². The molecule has 12 heteroatoms. The van der Waals surface area contributed by atoms with Gasteiger partial charge in [0.05, 0.1) is 29.8 Å². The minimum Gasteiger partial charge on any atom is -0.487 e. The van der Waals surface area contributed by atoms with E-state index in [0.717, 1.165) is 36.3 Å². The molecule has 5 aromatic rings. The molecule has 9 nitrogen and oxygen atoms in total. The van der Waals surface area contributed by atoms with Gasteiger partial charge < -0.3 is 9.15 Å². The summed E-state index contributed by atoms with van der Waals surface area (Å²) in [4.78, 5) is 5.49. The number of benzene rings is 2. The quantitative estimate of drug-likeness (QED) is 0.248. The van der Waals surface area contributed by atoms with Crippen LogP contribution in [0.4, 0.5) is 13.2 Å². The van der Waals surface area contributed by atoms with Gasteiger partial charge in [-0.3, -0.25) is 4.68 Å². The van der Waals surface area contributed by atoms with E-state index in [1.807, 2.05) is 30.5 Å². The summed E-state index contributed by atoms with van der Waals surface area (Å²) in [7, 11) is 0. The van der Waals surface area contributed by atoms with E-state index in [9.17, 15) is 13.2 Å². The standard InChI is InChI=1S/C26H22F3N7O2/c27-26(28,29)21-7-5-20(24(16-21)36-31-11-12-32-36)6-10-25-33-22(18-38-25)17-37-23-8-3-19(4-9-23)2-1-14-35-15-13-30-34-35/h3-13,15-16,18H,1-2,14,17H2/b10-6+. The number of hydrogen-bond donors (Lipinski definition) is 0. The first-order valence-corrected chi connectivity index (χ1v) is 11.7. The van der Waals surface area contributed by atoms with Crippen molar-refractivity contribution in [2.45, 2.75) is 32.2 Å². The van der Waals surface area contributed by atoms with Gasteiger partial charge in [0.2, 0.25) is 5.89 Å². The summed E-state index contributed by atoms with van der Waals surface area (Å²) in [5.41, 5.74) is 1.61. The molecule has 0 radical (unpaired) electrons. The molecule has 0 saturated carbocycles. The van der Waals surface area contributed by atoms with Gasteiger partial charge >= 0.3 is 6.18 Å². The third kappa shape index (κ3) is 6.33. The second kappa shape index (κ2) is 11.1. The SMILES string of the molecule is FC(F)(F)c1ccc(/C=C/c2nc(COc3ccc(CCCn4ccnn4)cc3)co2)c(-n2nccn2)c1. The van der Waals surface area contributed by atoms with Crippen LogP contribution in [-0.4, -0.2) is 35.0 Å². The Labute approximate surface area is 215 Å². The van der Waals surface area contributed by atoms with Crippen LogP contribution in [0.15, 0.2) is 77.9 Å². The molecule has 38 heavy (non-hydrogen) atoms. The van der Waals surface area contributed by atoms with Crippen molar-refractivity contribution in [3.63, 3.8) is 0 Å². The van der Waals surface area contributed by atoms with E-state index in [1.54, 1.807) is 23.0 Å². The Kier molecular flexibility index (Phi) is 7.29. The summed E-state index contributed by atoms with van der Waals surface area (Å²) >= 11 is 0. The molecule has 2 aromatic carbocycles. The molecule has 0 unspecified atom stereocenters. The first-order valence-electron chi connectivity index (χ1n) is 11.7. The molecule has 0 spiro atoms. The summed E-state index contributed by atoms with van der Waals surface area (Å²) in [5.74, 6) is 0.983. The Hall–Kier alpha value is -4.74. The zero-order chi connectivity index (χ0) is 26.4. The monoisotopic (exact) mass is 521 g/mol. The number of aromatic nitrogens is 7. The van der Waals surface area contributed by atoms with E-state index in [4.69, 9.17) is 9.15 Å². The molecule has 0 atom stereocenters. The van der Waals surface area contributed by atoms with E-state index in [0.29, 0.717) is 17.0 Å². The van der Waals surface area contributed by atoms with Gasteiger partial charge in [-0.2, -0.15) is 28.2 Å². The number of alkyl halides is 3. The molecule has 0 bridgehead atoms. The lowest BCUT2D eigenvalue weighted by atomic mass is 10.1. The van der Waals surface area contributed by atoms with Crippen molar-refractivity contribution in [3.05, 3.63) is 102 Å². The average Bonchev–Trinajstić information content (AvgIpc) is 3.70. The molecule has 0 N–H and O–H groups in total. The molecule has 194 valence electrons. The normalized spacial score (nSPS) is 11.9. The highest BCUT2D eigenvalue weighted by Gasteiger charge is 2.31. The number of aryl methyl sites for hydroxylation is 2. The molecule has 0 amide bonds. The van der Waals surface area contributed by atoms with Crippen molar-refractivity contribution in [2.75, 3.05) is 0 Å². The molecule has 0 aliphatic heterocycles. The van der Waals surface area contributed by atoms with E-state index in [1.165, 1.54) is 30.3 Å². The van der Waals surface area contributed by atoms with Gasteiger partial charge in [0.1, 0.15) is 24.3 Å². The van der Waals surface area contributed by atoms with Crippen molar-refractivity contribution in [1.82, 2.24) is 35.0 Å². The minimum atomic E-state index is -4.49. The maximum absolute atomic E-state index is 13.2. The van der Waals surface area contributed by atoms with Gasteiger partial charge in [-0.15, -0.1) is 5.10 Å². The van der Waals surface area contributed by atoms with Crippen LogP contribution in [0.1, 0.15) is 34.7 Å². The molecule has 0 fully saturated rings. The second-order valence-electron chi connectivity index (χ2n) is 8.30. The fraction of sp³-hybridized carbons (Fsp3) is 0.192. The van der Waals surface area contributed by atoms with Crippen molar-refractivity contribution in [2.24, 2.45) is 0 Å². The minimum absolute atomic E-state index is 0.179. The van der Waals surface area contributed by atoms with Crippen LogP contribution in [0, 0.1) is 0 Å². The largest absolute Gasteiger partial charge is 0.487 e. The molecule has 5 rings (SSSR count). The van der Waals surface area contributed by atoms with E-state index in [-0.39, 0.29) is 18.2 Å². The van der Waals surface area contributed by atoms with Crippen LogP contribution in [0.2, 0.25) is 0 Å².